The third-order valence-corrected chi connectivity index (χ3v) is 7.87. The zero-order valence-electron chi connectivity index (χ0n) is 16.4. The Morgan fingerprint density at radius 3 is 2.62 bits per heavy atom. The van der Waals surface area contributed by atoms with E-state index in [2.05, 4.69) is 25.1 Å². The van der Waals surface area contributed by atoms with E-state index in [1.807, 2.05) is 18.2 Å². The molecule has 7 nitrogen and oxygen atoms in total. The van der Waals surface area contributed by atoms with Gasteiger partial charge in [0.05, 0.1) is 23.6 Å². The van der Waals surface area contributed by atoms with Crippen molar-refractivity contribution in [2.24, 2.45) is 0 Å². The Balaban J connectivity index is 1.66. The molecule has 5 rings (SSSR count). The molecule has 3 heterocycles. The summed E-state index contributed by atoms with van der Waals surface area (Å²) < 4.78 is 38.4. The third-order valence-electron chi connectivity index (χ3n) is 4.84. The molecule has 2 aromatic carbocycles. The number of nitrogens with zero attached hydrogens (tertiary/aromatic N) is 4. The number of sulfone groups is 1. The highest BCUT2D eigenvalue weighted by atomic mass is 35.5. The average Bonchev–Trinajstić information content (AvgIpc) is 3.43. The molecule has 32 heavy (non-hydrogen) atoms. The summed E-state index contributed by atoms with van der Waals surface area (Å²) in [5.41, 5.74) is 3.46. The van der Waals surface area contributed by atoms with E-state index in [0.717, 1.165) is 23.2 Å². The van der Waals surface area contributed by atoms with Gasteiger partial charge >= 0.3 is 0 Å². The van der Waals surface area contributed by atoms with Crippen molar-refractivity contribution in [1.29, 1.82) is 0 Å². The lowest BCUT2D eigenvalue weighted by Crippen LogP contribution is -1.92. The Morgan fingerprint density at radius 1 is 1.03 bits per heavy atom. The normalized spacial score (nSPS) is 11.8. The second-order valence-corrected chi connectivity index (χ2v) is 10.7. The van der Waals surface area contributed by atoms with Gasteiger partial charge in [-0.2, -0.15) is 5.10 Å². The zero-order valence-corrected chi connectivity index (χ0v) is 18.8. The molecular weight excluding hydrogens is 473 g/mol. The van der Waals surface area contributed by atoms with Gasteiger partial charge in [-0.1, -0.05) is 17.7 Å². The first-order valence-corrected chi connectivity index (χ1v) is 12.3. The summed E-state index contributed by atoms with van der Waals surface area (Å²) in [6, 6.07) is 9.97. The third kappa shape index (κ3) is 3.66. The van der Waals surface area contributed by atoms with Gasteiger partial charge in [-0.3, -0.25) is 5.10 Å². The molecule has 3 aromatic heterocycles. The predicted octanol–water partition coefficient (Wildman–Crippen LogP) is 5.01. The Hall–Kier alpha value is -3.21. The highest BCUT2D eigenvalue weighted by molar-refractivity contribution is 7.92. The van der Waals surface area contributed by atoms with Crippen LogP contribution in [-0.2, 0) is 9.84 Å². The number of benzene rings is 2. The summed E-state index contributed by atoms with van der Waals surface area (Å²) in [5.74, 6) is -0.469. The van der Waals surface area contributed by atoms with E-state index in [4.69, 9.17) is 11.6 Å². The van der Waals surface area contributed by atoms with Crippen molar-refractivity contribution in [3.8, 4) is 33.1 Å². The quantitative estimate of drug-likeness (QED) is 0.384. The second kappa shape index (κ2) is 7.73. The molecular formula is C21H13ClFN5O2S2. The molecule has 160 valence electrons. The van der Waals surface area contributed by atoms with Crippen molar-refractivity contribution in [1.82, 2.24) is 25.1 Å². The second-order valence-electron chi connectivity index (χ2n) is 6.99. The molecule has 0 saturated heterocycles. The van der Waals surface area contributed by atoms with Crippen molar-refractivity contribution in [2.75, 3.05) is 6.26 Å². The largest absolute Gasteiger partial charge is 0.277 e. The molecule has 0 saturated carbocycles. The molecule has 0 fully saturated rings. The fourth-order valence-corrected chi connectivity index (χ4v) is 5.24. The van der Waals surface area contributed by atoms with Gasteiger partial charge in [0.15, 0.2) is 9.84 Å². The number of halogens is 2. The highest BCUT2D eigenvalue weighted by Crippen LogP contribution is 2.36. The maximum Gasteiger partial charge on any atom is 0.186 e. The Morgan fingerprint density at radius 2 is 1.88 bits per heavy atom. The lowest BCUT2D eigenvalue weighted by molar-refractivity contribution is 0.603. The predicted molar refractivity (Wildman–Crippen MR) is 122 cm³/mol. The first-order valence-electron chi connectivity index (χ1n) is 9.21. The highest BCUT2D eigenvalue weighted by Gasteiger charge is 2.18. The van der Waals surface area contributed by atoms with Crippen molar-refractivity contribution >= 4 is 43.7 Å². The molecule has 0 spiro atoms. The van der Waals surface area contributed by atoms with Crippen molar-refractivity contribution in [3.63, 3.8) is 0 Å². The Labute approximate surface area is 190 Å². The number of nitrogens with one attached hydrogen (secondary N) is 1. The van der Waals surface area contributed by atoms with Crippen molar-refractivity contribution in [2.45, 2.75) is 4.21 Å². The van der Waals surface area contributed by atoms with Crippen LogP contribution in [0.3, 0.4) is 0 Å². The minimum atomic E-state index is -3.38. The average molecular weight is 486 g/mol. The van der Waals surface area contributed by atoms with Crippen LogP contribution in [0.25, 0.3) is 44.0 Å². The number of H-pyrrole nitrogens is 1. The number of hydrogen-bond donors (Lipinski definition) is 1. The number of aromatic amines is 1. The fraction of sp³-hybridized carbons (Fsp3) is 0.0476. The maximum absolute atomic E-state index is 14.5. The monoisotopic (exact) mass is 485 g/mol. The molecule has 0 atom stereocenters. The molecule has 0 bridgehead atoms. The topological polar surface area (TPSA) is 101 Å². The maximum atomic E-state index is 14.5. The van der Waals surface area contributed by atoms with E-state index in [-0.39, 0.29) is 4.21 Å². The smallest absolute Gasteiger partial charge is 0.186 e. The van der Waals surface area contributed by atoms with E-state index in [1.165, 1.54) is 18.6 Å². The summed E-state index contributed by atoms with van der Waals surface area (Å²) in [6.45, 7) is 0. The van der Waals surface area contributed by atoms with Crippen LogP contribution in [-0.4, -0.2) is 39.8 Å². The Bertz CT molecular complexity index is 1600. The first-order chi connectivity index (χ1) is 15.3. The number of thiazole rings is 1. The van der Waals surface area contributed by atoms with Gasteiger partial charge in [-0.25, -0.2) is 27.8 Å². The lowest BCUT2D eigenvalue weighted by Gasteiger charge is -2.08. The van der Waals surface area contributed by atoms with Crippen molar-refractivity contribution < 1.29 is 12.8 Å². The van der Waals surface area contributed by atoms with Gasteiger partial charge in [0.1, 0.15) is 27.1 Å². The van der Waals surface area contributed by atoms with E-state index in [0.29, 0.717) is 43.4 Å². The molecule has 0 aliphatic rings. The van der Waals surface area contributed by atoms with Gasteiger partial charge in [0.25, 0.3) is 0 Å². The summed E-state index contributed by atoms with van der Waals surface area (Å²) in [5, 5.41) is 8.40. The Kier molecular flexibility index (Phi) is 5.00. The van der Waals surface area contributed by atoms with E-state index in [1.54, 1.807) is 18.3 Å². The SMILES string of the molecule is CS(=O)(=O)c1cnc(-c2ncnc3ccc(-c4cn[nH]c4-c4ccc(Cl)cc4F)cc23)s1. The van der Waals surface area contributed by atoms with Crippen LogP contribution in [0, 0.1) is 5.82 Å². The van der Waals surface area contributed by atoms with Gasteiger partial charge in [-0.15, -0.1) is 11.3 Å². The summed E-state index contributed by atoms with van der Waals surface area (Å²) in [7, 11) is -3.38. The van der Waals surface area contributed by atoms with Crippen molar-refractivity contribution in [3.05, 3.63) is 66.0 Å². The van der Waals surface area contributed by atoms with E-state index in [9.17, 15) is 12.8 Å². The lowest BCUT2D eigenvalue weighted by atomic mass is 9.99. The molecule has 0 unspecified atom stereocenters. The van der Waals surface area contributed by atoms with Crippen LogP contribution in [0.2, 0.25) is 5.02 Å². The summed E-state index contributed by atoms with van der Waals surface area (Å²) in [4.78, 5) is 12.9. The molecule has 5 aromatic rings. The van der Waals surface area contributed by atoms with Gasteiger partial charge < -0.3 is 0 Å². The van der Waals surface area contributed by atoms with E-state index < -0.39 is 15.7 Å². The van der Waals surface area contributed by atoms with E-state index >= 15 is 0 Å². The van der Waals surface area contributed by atoms with Crippen LogP contribution in [0.1, 0.15) is 0 Å². The molecule has 1 N–H and O–H groups in total. The minimum Gasteiger partial charge on any atom is -0.277 e. The summed E-state index contributed by atoms with van der Waals surface area (Å²) in [6.07, 6.45) is 5.48. The van der Waals surface area contributed by atoms with Gasteiger partial charge in [0, 0.05) is 27.8 Å². The zero-order chi connectivity index (χ0) is 22.5. The minimum absolute atomic E-state index is 0.158. The van der Waals surface area contributed by atoms with Crippen LogP contribution < -0.4 is 0 Å². The number of fused-ring (bicyclic) bond motifs is 1. The number of hydrogen-bond acceptors (Lipinski definition) is 7. The summed E-state index contributed by atoms with van der Waals surface area (Å²) >= 11 is 6.93. The van der Waals surface area contributed by atoms with Crippen LogP contribution >= 0.6 is 22.9 Å². The van der Waals surface area contributed by atoms with Gasteiger partial charge in [0.2, 0.25) is 0 Å². The van der Waals surface area contributed by atoms with Crippen LogP contribution in [0.4, 0.5) is 4.39 Å². The molecule has 0 aliphatic carbocycles. The van der Waals surface area contributed by atoms with Crippen LogP contribution in [0.15, 0.2) is 59.3 Å². The van der Waals surface area contributed by atoms with Gasteiger partial charge in [-0.05, 0) is 35.9 Å². The fourth-order valence-electron chi connectivity index (χ4n) is 3.34. The van der Waals surface area contributed by atoms with Crippen LogP contribution in [0.5, 0.6) is 0 Å². The standard InChI is InChI=1S/C21H13ClFN5O2S2/c1-32(29,30)18-9-24-21(31-18)20-14-6-11(2-5-17(14)25-10-26-20)15-8-27-28-19(15)13-4-3-12(22)7-16(13)23/h2-10H,1H3,(H,27,28). The number of rotatable bonds is 4. The molecule has 0 radical (unpaired) electrons. The molecule has 11 heteroatoms. The molecule has 0 aliphatic heterocycles. The molecule has 0 amide bonds. The first kappa shape index (κ1) is 20.7. The number of aromatic nitrogens is 5.